The lowest BCUT2D eigenvalue weighted by Crippen LogP contribution is -2.15. The minimum absolute atomic E-state index is 0.0215. The molecule has 0 spiro atoms. The van der Waals surface area contributed by atoms with Crippen LogP contribution in [0.3, 0.4) is 0 Å². The molecule has 0 aromatic heterocycles. The van der Waals surface area contributed by atoms with Gasteiger partial charge < -0.3 is 11.1 Å². The highest BCUT2D eigenvalue weighted by Gasteiger charge is 2.10. The van der Waals surface area contributed by atoms with Gasteiger partial charge in [0, 0.05) is 5.69 Å². The Morgan fingerprint density at radius 2 is 1.75 bits per heavy atom. The Morgan fingerprint density at radius 1 is 1.00 bits per heavy atom. The van der Waals surface area contributed by atoms with E-state index in [-0.39, 0.29) is 23.4 Å². The standard InChI is InChI=1S/C14H11F3N2O/c15-10-3-1-8(5-11(10)16)6-14(20)19-13-4-2-9(18)7-12(13)17/h1-5,7H,6,18H2,(H,19,20). The number of hydrogen-bond acceptors (Lipinski definition) is 2. The number of benzene rings is 2. The van der Waals surface area contributed by atoms with Crippen LogP contribution in [0.2, 0.25) is 0 Å². The van der Waals surface area contributed by atoms with Crippen molar-refractivity contribution in [3.63, 3.8) is 0 Å². The highest BCUT2D eigenvalue weighted by atomic mass is 19.2. The highest BCUT2D eigenvalue weighted by molar-refractivity contribution is 5.92. The van der Waals surface area contributed by atoms with Crippen LogP contribution < -0.4 is 11.1 Å². The average Bonchev–Trinajstić information content (AvgIpc) is 2.37. The van der Waals surface area contributed by atoms with Crippen LogP contribution in [-0.4, -0.2) is 5.91 Å². The molecule has 0 unspecified atom stereocenters. The lowest BCUT2D eigenvalue weighted by atomic mass is 10.1. The molecule has 2 rings (SSSR count). The van der Waals surface area contributed by atoms with Crippen LogP contribution in [0, 0.1) is 17.5 Å². The average molecular weight is 280 g/mol. The van der Waals surface area contributed by atoms with Gasteiger partial charge in [0.1, 0.15) is 5.82 Å². The van der Waals surface area contributed by atoms with Crippen molar-refractivity contribution in [2.45, 2.75) is 6.42 Å². The molecule has 0 fully saturated rings. The number of carbonyl (C=O) groups excluding carboxylic acids is 1. The van der Waals surface area contributed by atoms with Crippen molar-refractivity contribution in [2.24, 2.45) is 0 Å². The van der Waals surface area contributed by atoms with Gasteiger partial charge in [-0.15, -0.1) is 0 Å². The normalized spacial score (nSPS) is 10.3. The Balaban J connectivity index is 2.07. The first-order valence-electron chi connectivity index (χ1n) is 5.74. The molecule has 0 aliphatic carbocycles. The Hall–Kier alpha value is -2.50. The third-order valence-corrected chi connectivity index (χ3v) is 2.62. The van der Waals surface area contributed by atoms with Crippen LogP contribution in [0.1, 0.15) is 5.56 Å². The molecule has 3 N–H and O–H groups in total. The van der Waals surface area contributed by atoms with E-state index in [1.807, 2.05) is 0 Å². The molecule has 2 aromatic rings. The van der Waals surface area contributed by atoms with Gasteiger partial charge in [0.15, 0.2) is 11.6 Å². The number of nitrogens with one attached hydrogen (secondary N) is 1. The van der Waals surface area contributed by atoms with E-state index < -0.39 is 23.4 Å². The number of hydrogen-bond donors (Lipinski definition) is 2. The van der Waals surface area contributed by atoms with E-state index in [2.05, 4.69) is 5.32 Å². The van der Waals surface area contributed by atoms with E-state index in [0.717, 1.165) is 18.2 Å². The molecule has 0 radical (unpaired) electrons. The summed E-state index contributed by atoms with van der Waals surface area (Å²) >= 11 is 0. The van der Waals surface area contributed by atoms with E-state index in [0.29, 0.717) is 0 Å². The summed E-state index contributed by atoms with van der Waals surface area (Å²) in [5.74, 6) is -3.23. The zero-order valence-corrected chi connectivity index (χ0v) is 10.3. The summed E-state index contributed by atoms with van der Waals surface area (Å²) in [5, 5.41) is 2.33. The molecule has 2 aromatic carbocycles. The summed E-state index contributed by atoms with van der Waals surface area (Å²) in [6, 6.07) is 6.99. The maximum absolute atomic E-state index is 13.5. The second kappa shape index (κ2) is 5.64. The SMILES string of the molecule is Nc1ccc(NC(=O)Cc2ccc(F)c(F)c2)c(F)c1. The van der Waals surface area contributed by atoms with E-state index >= 15 is 0 Å². The molecule has 1 amide bonds. The van der Waals surface area contributed by atoms with Crippen LogP contribution in [0.4, 0.5) is 24.5 Å². The fraction of sp³-hybridized carbons (Fsp3) is 0.0714. The highest BCUT2D eigenvalue weighted by Crippen LogP contribution is 2.17. The second-order valence-corrected chi connectivity index (χ2v) is 4.21. The Kier molecular flexibility index (Phi) is 3.93. The van der Waals surface area contributed by atoms with Crippen molar-refractivity contribution >= 4 is 17.3 Å². The smallest absolute Gasteiger partial charge is 0.228 e. The number of amides is 1. The van der Waals surface area contributed by atoms with Gasteiger partial charge in [-0.2, -0.15) is 0 Å². The van der Waals surface area contributed by atoms with Gasteiger partial charge in [0.2, 0.25) is 5.91 Å². The second-order valence-electron chi connectivity index (χ2n) is 4.21. The van der Waals surface area contributed by atoms with Gasteiger partial charge in [-0.25, -0.2) is 13.2 Å². The van der Waals surface area contributed by atoms with Crippen LogP contribution in [0.15, 0.2) is 36.4 Å². The van der Waals surface area contributed by atoms with Crippen LogP contribution >= 0.6 is 0 Å². The van der Waals surface area contributed by atoms with Crippen molar-refractivity contribution < 1.29 is 18.0 Å². The molecule has 20 heavy (non-hydrogen) atoms. The van der Waals surface area contributed by atoms with E-state index in [1.54, 1.807) is 0 Å². The topological polar surface area (TPSA) is 55.1 Å². The quantitative estimate of drug-likeness (QED) is 0.849. The molecule has 0 saturated carbocycles. The van der Waals surface area contributed by atoms with Crippen molar-refractivity contribution in [3.05, 3.63) is 59.4 Å². The summed E-state index contributed by atoms with van der Waals surface area (Å²) in [5.41, 5.74) is 5.89. The first kappa shape index (κ1) is 13.9. The summed E-state index contributed by atoms with van der Waals surface area (Å²) in [4.78, 5) is 11.7. The molecule has 6 heteroatoms. The molecular weight excluding hydrogens is 269 g/mol. The van der Waals surface area contributed by atoms with E-state index in [4.69, 9.17) is 5.73 Å². The molecular formula is C14H11F3N2O. The Bertz CT molecular complexity index is 659. The van der Waals surface area contributed by atoms with Gasteiger partial charge in [0.05, 0.1) is 12.1 Å². The maximum atomic E-state index is 13.5. The van der Waals surface area contributed by atoms with E-state index in [1.165, 1.54) is 18.2 Å². The number of carbonyl (C=O) groups is 1. The van der Waals surface area contributed by atoms with Crippen LogP contribution in [0.25, 0.3) is 0 Å². The first-order chi connectivity index (χ1) is 9.45. The summed E-state index contributed by atoms with van der Waals surface area (Å²) in [7, 11) is 0. The first-order valence-corrected chi connectivity index (χ1v) is 5.74. The van der Waals surface area contributed by atoms with Crippen molar-refractivity contribution in [1.29, 1.82) is 0 Å². The van der Waals surface area contributed by atoms with Gasteiger partial charge >= 0.3 is 0 Å². The molecule has 0 bridgehead atoms. The number of nitrogen functional groups attached to an aromatic ring is 1. The molecule has 3 nitrogen and oxygen atoms in total. The maximum Gasteiger partial charge on any atom is 0.228 e. The third-order valence-electron chi connectivity index (χ3n) is 2.62. The van der Waals surface area contributed by atoms with Gasteiger partial charge in [-0.3, -0.25) is 4.79 Å². The van der Waals surface area contributed by atoms with Gasteiger partial charge in [0.25, 0.3) is 0 Å². The third kappa shape index (κ3) is 3.28. The monoisotopic (exact) mass is 280 g/mol. The zero-order chi connectivity index (χ0) is 14.7. The van der Waals surface area contributed by atoms with Crippen molar-refractivity contribution in [3.8, 4) is 0 Å². The predicted octanol–water partition coefficient (Wildman–Crippen LogP) is 2.87. The lowest BCUT2D eigenvalue weighted by Gasteiger charge is -2.07. The van der Waals surface area contributed by atoms with Gasteiger partial charge in [-0.1, -0.05) is 6.07 Å². The Labute approximate surface area is 113 Å². The molecule has 0 aliphatic rings. The van der Waals surface area contributed by atoms with Gasteiger partial charge in [-0.05, 0) is 35.9 Å². The fourth-order valence-electron chi connectivity index (χ4n) is 1.66. The fourth-order valence-corrected chi connectivity index (χ4v) is 1.66. The van der Waals surface area contributed by atoms with Crippen LogP contribution in [0.5, 0.6) is 0 Å². The summed E-state index contributed by atoms with van der Waals surface area (Å²) < 4.78 is 39.2. The summed E-state index contributed by atoms with van der Waals surface area (Å²) in [6.07, 6.45) is -0.193. The predicted molar refractivity (Wildman–Crippen MR) is 69.5 cm³/mol. The molecule has 0 heterocycles. The number of halogens is 3. The largest absolute Gasteiger partial charge is 0.399 e. The summed E-state index contributed by atoms with van der Waals surface area (Å²) in [6.45, 7) is 0. The number of rotatable bonds is 3. The zero-order valence-electron chi connectivity index (χ0n) is 10.3. The molecule has 0 saturated heterocycles. The van der Waals surface area contributed by atoms with E-state index in [9.17, 15) is 18.0 Å². The number of anilines is 2. The Morgan fingerprint density at radius 3 is 2.40 bits per heavy atom. The number of nitrogens with two attached hydrogens (primary N) is 1. The minimum Gasteiger partial charge on any atom is -0.399 e. The molecule has 0 atom stereocenters. The molecule has 0 aliphatic heterocycles. The van der Waals surface area contributed by atoms with Crippen molar-refractivity contribution in [2.75, 3.05) is 11.1 Å². The molecule has 104 valence electrons. The minimum atomic E-state index is -1.03. The van der Waals surface area contributed by atoms with Crippen LogP contribution in [-0.2, 0) is 11.2 Å². The van der Waals surface area contributed by atoms with Crippen molar-refractivity contribution in [1.82, 2.24) is 0 Å². The lowest BCUT2D eigenvalue weighted by molar-refractivity contribution is -0.115.